The quantitative estimate of drug-likeness (QED) is 0.335. The number of methoxy groups -OCH3 is 1. The lowest BCUT2D eigenvalue weighted by atomic mass is 10.1. The van der Waals surface area contributed by atoms with Gasteiger partial charge < -0.3 is 19.5 Å². The first-order chi connectivity index (χ1) is 16.5. The number of hydrogen-bond donors (Lipinski definition) is 1. The molecule has 0 aromatic heterocycles. The SMILES string of the molecule is CCOc1cc(/C=C(/C#N)C(=O)NCc2ccc(OC)cc2)ccc1OCc1cccc(C)c1. The number of aryl methyl sites for hydroxylation is 1. The van der Waals surface area contributed by atoms with Crippen LogP contribution in [0.5, 0.6) is 17.2 Å². The first-order valence-corrected chi connectivity index (χ1v) is 11.0. The number of nitriles is 1. The predicted octanol–water partition coefficient (Wildman–Crippen LogP) is 5.20. The van der Waals surface area contributed by atoms with Crippen LogP contribution in [0.4, 0.5) is 0 Å². The van der Waals surface area contributed by atoms with Crippen LogP contribution >= 0.6 is 0 Å². The van der Waals surface area contributed by atoms with E-state index >= 15 is 0 Å². The summed E-state index contributed by atoms with van der Waals surface area (Å²) in [6, 6.07) is 22.8. The van der Waals surface area contributed by atoms with Gasteiger partial charge in [-0.25, -0.2) is 0 Å². The Balaban J connectivity index is 1.70. The summed E-state index contributed by atoms with van der Waals surface area (Å²) in [6.45, 7) is 5.10. The number of ether oxygens (including phenoxy) is 3. The smallest absolute Gasteiger partial charge is 0.262 e. The highest BCUT2D eigenvalue weighted by molar-refractivity contribution is 6.01. The van der Waals surface area contributed by atoms with Crippen molar-refractivity contribution in [2.45, 2.75) is 27.0 Å². The fraction of sp³-hybridized carbons (Fsp3) is 0.214. The van der Waals surface area contributed by atoms with Gasteiger partial charge in [-0.15, -0.1) is 0 Å². The molecule has 0 aliphatic heterocycles. The van der Waals surface area contributed by atoms with E-state index in [9.17, 15) is 10.1 Å². The van der Waals surface area contributed by atoms with E-state index in [2.05, 4.69) is 11.4 Å². The molecule has 3 aromatic rings. The molecule has 0 unspecified atom stereocenters. The van der Waals surface area contributed by atoms with Crippen molar-refractivity contribution >= 4 is 12.0 Å². The van der Waals surface area contributed by atoms with Crippen LogP contribution < -0.4 is 19.5 Å². The Morgan fingerprint density at radius 2 is 1.79 bits per heavy atom. The monoisotopic (exact) mass is 456 g/mol. The lowest BCUT2D eigenvalue weighted by molar-refractivity contribution is -0.117. The molecule has 0 radical (unpaired) electrons. The molecule has 1 N–H and O–H groups in total. The molecule has 1 amide bonds. The minimum absolute atomic E-state index is 0.00406. The summed E-state index contributed by atoms with van der Waals surface area (Å²) in [7, 11) is 1.60. The van der Waals surface area contributed by atoms with Crippen molar-refractivity contribution in [2.24, 2.45) is 0 Å². The number of amides is 1. The van der Waals surface area contributed by atoms with E-state index in [1.807, 2.05) is 62.4 Å². The summed E-state index contributed by atoms with van der Waals surface area (Å²) >= 11 is 0. The van der Waals surface area contributed by atoms with Crippen LogP contribution in [-0.4, -0.2) is 19.6 Å². The Morgan fingerprint density at radius 1 is 1.00 bits per heavy atom. The zero-order valence-electron chi connectivity index (χ0n) is 19.6. The Hall–Kier alpha value is -4.24. The summed E-state index contributed by atoms with van der Waals surface area (Å²) < 4.78 is 16.8. The number of carbonyl (C=O) groups excluding carboxylic acids is 1. The molecule has 6 nitrogen and oxygen atoms in total. The maximum atomic E-state index is 12.6. The van der Waals surface area contributed by atoms with E-state index in [1.165, 1.54) is 11.6 Å². The zero-order valence-corrected chi connectivity index (χ0v) is 19.6. The molecule has 6 heteroatoms. The van der Waals surface area contributed by atoms with Gasteiger partial charge in [0.1, 0.15) is 24.0 Å². The molecule has 3 rings (SSSR count). The van der Waals surface area contributed by atoms with Gasteiger partial charge in [0.15, 0.2) is 11.5 Å². The van der Waals surface area contributed by atoms with Crippen LogP contribution in [0, 0.1) is 18.3 Å². The Bertz CT molecular complexity index is 1190. The lowest BCUT2D eigenvalue weighted by Gasteiger charge is -2.13. The van der Waals surface area contributed by atoms with Gasteiger partial charge >= 0.3 is 0 Å². The van der Waals surface area contributed by atoms with Crippen molar-refractivity contribution in [1.29, 1.82) is 5.26 Å². The third-order valence-corrected chi connectivity index (χ3v) is 5.03. The van der Waals surface area contributed by atoms with E-state index in [0.717, 1.165) is 16.9 Å². The molecule has 3 aromatic carbocycles. The highest BCUT2D eigenvalue weighted by Crippen LogP contribution is 2.30. The molecule has 0 saturated heterocycles. The molecular formula is C28H28N2O4. The van der Waals surface area contributed by atoms with Crippen molar-refractivity contribution in [1.82, 2.24) is 5.32 Å². The molecule has 0 atom stereocenters. The normalized spacial score (nSPS) is 10.8. The fourth-order valence-corrected chi connectivity index (χ4v) is 3.30. The van der Waals surface area contributed by atoms with Gasteiger partial charge in [0.25, 0.3) is 5.91 Å². The van der Waals surface area contributed by atoms with Crippen molar-refractivity contribution in [2.75, 3.05) is 13.7 Å². The Morgan fingerprint density at radius 3 is 2.47 bits per heavy atom. The van der Waals surface area contributed by atoms with E-state index < -0.39 is 5.91 Å². The third kappa shape index (κ3) is 6.88. The summed E-state index contributed by atoms with van der Waals surface area (Å²) in [5, 5.41) is 12.3. The summed E-state index contributed by atoms with van der Waals surface area (Å²) in [5.41, 5.74) is 3.81. The van der Waals surface area contributed by atoms with Gasteiger partial charge in [0.2, 0.25) is 0 Å². The molecule has 0 aliphatic carbocycles. The van der Waals surface area contributed by atoms with Gasteiger partial charge in [-0.3, -0.25) is 4.79 Å². The van der Waals surface area contributed by atoms with Crippen LogP contribution in [0.15, 0.2) is 72.3 Å². The average Bonchev–Trinajstić information content (AvgIpc) is 2.86. The first kappa shape index (κ1) is 24.4. The lowest BCUT2D eigenvalue weighted by Crippen LogP contribution is -2.23. The van der Waals surface area contributed by atoms with Crippen molar-refractivity contribution in [3.05, 3.63) is 94.6 Å². The average molecular weight is 457 g/mol. The number of nitrogens with zero attached hydrogens (tertiary/aromatic N) is 1. The minimum Gasteiger partial charge on any atom is -0.497 e. The third-order valence-electron chi connectivity index (χ3n) is 5.03. The molecule has 0 saturated carbocycles. The van der Waals surface area contributed by atoms with E-state index in [1.54, 1.807) is 25.3 Å². The number of hydrogen-bond acceptors (Lipinski definition) is 5. The molecule has 0 bridgehead atoms. The highest BCUT2D eigenvalue weighted by Gasteiger charge is 2.11. The van der Waals surface area contributed by atoms with Crippen molar-refractivity contribution in [3.8, 4) is 23.3 Å². The van der Waals surface area contributed by atoms with Crippen LogP contribution in [-0.2, 0) is 17.9 Å². The topological polar surface area (TPSA) is 80.6 Å². The molecule has 34 heavy (non-hydrogen) atoms. The molecule has 0 fully saturated rings. The standard InChI is InChI=1S/C28H28N2O4/c1-4-33-27-16-22(10-13-26(27)34-19-23-7-5-6-20(2)14-23)15-24(17-29)28(31)30-18-21-8-11-25(32-3)12-9-21/h5-16H,4,18-19H2,1-3H3,(H,30,31)/b24-15-. The minimum atomic E-state index is -0.448. The van der Waals surface area contributed by atoms with E-state index in [4.69, 9.17) is 14.2 Å². The van der Waals surface area contributed by atoms with Crippen LogP contribution in [0.2, 0.25) is 0 Å². The van der Waals surface area contributed by atoms with Crippen molar-refractivity contribution < 1.29 is 19.0 Å². The van der Waals surface area contributed by atoms with Crippen LogP contribution in [0.1, 0.15) is 29.2 Å². The molecular weight excluding hydrogens is 428 g/mol. The van der Waals surface area contributed by atoms with Gasteiger partial charge in [-0.2, -0.15) is 5.26 Å². The second-order valence-corrected chi connectivity index (χ2v) is 7.62. The fourth-order valence-electron chi connectivity index (χ4n) is 3.30. The van der Waals surface area contributed by atoms with Crippen molar-refractivity contribution in [3.63, 3.8) is 0 Å². The van der Waals surface area contributed by atoms with E-state index in [-0.39, 0.29) is 5.57 Å². The van der Waals surface area contributed by atoms with E-state index in [0.29, 0.717) is 36.8 Å². The summed E-state index contributed by atoms with van der Waals surface area (Å²) in [5.74, 6) is 1.45. The number of nitrogens with one attached hydrogen (secondary N) is 1. The van der Waals surface area contributed by atoms with Gasteiger partial charge in [-0.1, -0.05) is 48.0 Å². The largest absolute Gasteiger partial charge is 0.497 e. The van der Waals surface area contributed by atoms with Gasteiger partial charge in [0.05, 0.1) is 13.7 Å². The maximum absolute atomic E-state index is 12.6. The molecule has 0 spiro atoms. The van der Waals surface area contributed by atoms with Crippen LogP contribution in [0.3, 0.4) is 0 Å². The summed E-state index contributed by atoms with van der Waals surface area (Å²) in [6.07, 6.45) is 1.54. The van der Waals surface area contributed by atoms with Gasteiger partial charge in [0, 0.05) is 6.54 Å². The second-order valence-electron chi connectivity index (χ2n) is 7.62. The molecule has 174 valence electrons. The number of rotatable bonds is 10. The second kappa shape index (κ2) is 12.1. The molecule has 0 heterocycles. The van der Waals surface area contributed by atoms with Crippen LogP contribution in [0.25, 0.3) is 6.08 Å². The Labute approximate surface area is 200 Å². The summed E-state index contributed by atoms with van der Waals surface area (Å²) in [4.78, 5) is 12.6. The first-order valence-electron chi connectivity index (χ1n) is 11.0. The highest BCUT2D eigenvalue weighted by atomic mass is 16.5. The number of benzene rings is 3. The Kier molecular flexibility index (Phi) is 8.70. The predicted molar refractivity (Wildman–Crippen MR) is 132 cm³/mol. The zero-order chi connectivity index (χ0) is 24.3. The molecule has 0 aliphatic rings. The number of carbonyl (C=O) groups is 1. The van der Waals surface area contributed by atoms with Gasteiger partial charge in [-0.05, 0) is 60.9 Å². The maximum Gasteiger partial charge on any atom is 0.262 e.